The SMILES string of the molecule is CCC(C)CCCCCCCCCCCCCCCCC(=O)Cl. The van der Waals surface area contributed by atoms with Crippen molar-refractivity contribution in [2.24, 2.45) is 5.92 Å². The van der Waals surface area contributed by atoms with Crippen molar-refractivity contribution in [2.45, 2.75) is 123 Å². The highest BCUT2D eigenvalue weighted by atomic mass is 35.5. The van der Waals surface area contributed by atoms with Gasteiger partial charge in [0, 0.05) is 6.42 Å². The van der Waals surface area contributed by atoms with E-state index in [0.717, 1.165) is 18.8 Å². The van der Waals surface area contributed by atoms with E-state index in [2.05, 4.69) is 13.8 Å². The van der Waals surface area contributed by atoms with Crippen molar-refractivity contribution in [1.82, 2.24) is 0 Å². The summed E-state index contributed by atoms with van der Waals surface area (Å²) in [5.74, 6) is 0.929. The molecule has 0 amide bonds. The van der Waals surface area contributed by atoms with E-state index in [-0.39, 0.29) is 5.24 Å². The van der Waals surface area contributed by atoms with Crippen LogP contribution in [-0.4, -0.2) is 5.24 Å². The minimum Gasteiger partial charge on any atom is -0.281 e. The molecule has 0 aliphatic rings. The number of hydrogen-bond donors (Lipinski definition) is 0. The zero-order chi connectivity index (χ0) is 17.2. The van der Waals surface area contributed by atoms with Crippen LogP contribution in [-0.2, 0) is 4.79 Å². The average molecular weight is 345 g/mol. The summed E-state index contributed by atoms with van der Waals surface area (Å²) in [6, 6.07) is 0. The molecule has 1 nitrogen and oxygen atoms in total. The Hall–Kier alpha value is -0.0400. The minimum absolute atomic E-state index is 0.180. The highest BCUT2D eigenvalue weighted by molar-refractivity contribution is 6.63. The van der Waals surface area contributed by atoms with Gasteiger partial charge in [-0.05, 0) is 23.9 Å². The first-order valence-corrected chi connectivity index (χ1v) is 10.7. The smallest absolute Gasteiger partial charge is 0.221 e. The monoisotopic (exact) mass is 344 g/mol. The first kappa shape index (κ1) is 23.0. The van der Waals surface area contributed by atoms with E-state index in [1.807, 2.05) is 0 Å². The Morgan fingerprint density at radius 1 is 0.696 bits per heavy atom. The zero-order valence-corrected chi connectivity index (χ0v) is 16.6. The molecule has 1 unspecified atom stereocenters. The standard InChI is InChI=1S/C21H41ClO/c1-3-20(2)18-16-14-12-10-8-6-4-5-7-9-11-13-15-17-19-21(22)23/h20H,3-19H2,1-2H3. The second kappa shape index (κ2) is 18.3. The summed E-state index contributed by atoms with van der Waals surface area (Å²) in [5, 5.41) is -0.180. The van der Waals surface area contributed by atoms with Crippen LogP contribution in [0.5, 0.6) is 0 Å². The summed E-state index contributed by atoms with van der Waals surface area (Å²) >= 11 is 5.32. The van der Waals surface area contributed by atoms with Crippen LogP contribution in [0.2, 0.25) is 0 Å². The Morgan fingerprint density at radius 3 is 1.39 bits per heavy atom. The number of unbranched alkanes of at least 4 members (excludes halogenated alkanes) is 13. The minimum atomic E-state index is -0.180. The van der Waals surface area contributed by atoms with Crippen LogP contribution in [0.3, 0.4) is 0 Å². The number of rotatable bonds is 18. The molecule has 23 heavy (non-hydrogen) atoms. The maximum absolute atomic E-state index is 10.6. The van der Waals surface area contributed by atoms with Gasteiger partial charge in [0.1, 0.15) is 0 Å². The van der Waals surface area contributed by atoms with Gasteiger partial charge < -0.3 is 0 Å². The molecule has 0 radical (unpaired) electrons. The van der Waals surface area contributed by atoms with Crippen LogP contribution in [0, 0.1) is 5.92 Å². The third-order valence-corrected chi connectivity index (χ3v) is 5.21. The number of hydrogen-bond acceptors (Lipinski definition) is 1. The maximum Gasteiger partial charge on any atom is 0.221 e. The molecule has 0 fully saturated rings. The topological polar surface area (TPSA) is 17.1 Å². The molecule has 0 heterocycles. The predicted octanol–water partition coefficient (Wildman–Crippen LogP) is 8.04. The molecule has 1 atom stereocenters. The highest BCUT2D eigenvalue weighted by Gasteiger charge is 1.99. The molecule has 0 aromatic rings. The van der Waals surface area contributed by atoms with Crippen molar-refractivity contribution >= 4 is 16.8 Å². The Bertz CT molecular complexity index is 252. The molecule has 0 aromatic carbocycles. The van der Waals surface area contributed by atoms with Crippen LogP contribution in [0.4, 0.5) is 0 Å². The fraction of sp³-hybridized carbons (Fsp3) is 0.952. The molecule has 0 spiro atoms. The lowest BCUT2D eigenvalue weighted by molar-refractivity contribution is -0.111. The van der Waals surface area contributed by atoms with Crippen LogP contribution >= 0.6 is 11.6 Å². The third kappa shape index (κ3) is 19.9. The summed E-state index contributed by atoms with van der Waals surface area (Å²) in [7, 11) is 0. The quantitative estimate of drug-likeness (QED) is 0.181. The predicted molar refractivity (Wildman–Crippen MR) is 104 cm³/mol. The zero-order valence-electron chi connectivity index (χ0n) is 15.9. The highest BCUT2D eigenvalue weighted by Crippen LogP contribution is 2.16. The largest absolute Gasteiger partial charge is 0.281 e. The van der Waals surface area contributed by atoms with Crippen LogP contribution in [0.15, 0.2) is 0 Å². The summed E-state index contributed by atoms with van der Waals surface area (Å²) in [5.41, 5.74) is 0. The molecule has 0 saturated heterocycles. The first-order valence-electron chi connectivity index (χ1n) is 10.3. The normalized spacial score (nSPS) is 12.5. The van der Waals surface area contributed by atoms with E-state index in [1.165, 1.54) is 89.9 Å². The Balaban J connectivity index is 3.01. The molecule has 0 aliphatic heterocycles. The molecule has 2 heteroatoms. The lowest BCUT2D eigenvalue weighted by Crippen LogP contribution is -1.91. The second-order valence-corrected chi connectivity index (χ2v) is 7.78. The molecule has 0 saturated carbocycles. The number of halogens is 1. The number of carbonyl (C=O) groups is 1. The lowest BCUT2D eigenvalue weighted by Gasteiger charge is -2.07. The summed E-state index contributed by atoms with van der Waals surface area (Å²) in [4.78, 5) is 10.6. The second-order valence-electron chi connectivity index (χ2n) is 7.36. The Morgan fingerprint density at radius 2 is 1.04 bits per heavy atom. The van der Waals surface area contributed by atoms with Gasteiger partial charge in [-0.2, -0.15) is 0 Å². The fourth-order valence-corrected chi connectivity index (χ4v) is 3.22. The van der Waals surface area contributed by atoms with Gasteiger partial charge in [-0.3, -0.25) is 4.79 Å². The van der Waals surface area contributed by atoms with E-state index in [4.69, 9.17) is 11.6 Å². The van der Waals surface area contributed by atoms with E-state index in [0.29, 0.717) is 6.42 Å². The van der Waals surface area contributed by atoms with Gasteiger partial charge in [-0.15, -0.1) is 0 Å². The van der Waals surface area contributed by atoms with E-state index in [9.17, 15) is 4.79 Å². The van der Waals surface area contributed by atoms with Gasteiger partial charge in [0.2, 0.25) is 5.24 Å². The van der Waals surface area contributed by atoms with E-state index in [1.54, 1.807) is 0 Å². The number of carbonyl (C=O) groups excluding carboxylic acids is 1. The van der Waals surface area contributed by atoms with Crippen LogP contribution in [0.1, 0.15) is 123 Å². The molecule has 0 aliphatic carbocycles. The van der Waals surface area contributed by atoms with Crippen molar-refractivity contribution in [3.05, 3.63) is 0 Å². The molecular formula is C21H41ClO. The third-order valence-electron chi connectivity index (χ3n) is 5.02. The van der Waals surface area contributed by atoms with Gasteiger partial charge in [-0.25, -0.2) is 0 Å². The maximum atomic E-state index is 10.6. The molecule has 0 N–H and O–H groups in total. The summed E-state index contributed by atoms with van der Waals surface area (Å²) < 4.78 is 0. The molecule has 138 valence electrons. The molecular weight excluding hydrogens is 304 g/mol. The van der Waals surface area contributed by atoms with Gasteiger partial charge in [-0.1, -0.05) is 110 Å². The van der Waals surface area contributed by atoms with E-state index < -0.39 is 0 Å². The van der Waals surface area contributed by atoms with E-state index >= 15 is 0 Å². The van der Waals surface area contributed by atoms with Crippen molar-refractivity contribution < 1.29 is 4.79 Å². The van der Waals surface area contributed by atoms with Crippen LogP contribution < -0.4 is 0 Å². The van der Waals surface area contributed by atoms with Crippen molar-refractivity contribution in [2.75, 3.05) is 0 Å². The van der Waals surface area contributed by atoms with Crippen LogP contribution in [0.25, 0.3) is 0 Å². The molecule has 0 rings (SSSR count). The van der Waals surface area contributed by atoms with Crippen molar-refractivity contribution in [3.8, 4) is 0 Å². The van der Waals surface area contributed by atoms with Crippen molar-refractivity contribution in [1.29, 1.82) is 0 Å². The summed E-state index contributed by atoms with van der Waals surface area (Å²) in [6.45, 7) is 4.68. The first-order chi connectivity index (χ1) is 11.2. The van der Waals surface area contributed by atoms with Crippen molar-refractivity contribution in [3.63, 3.8) is 0 Å². The average Bonchev–Trinajstić information content (AvgIpc) is 2.53. The van der Waals surface area contributed by atoms with Gasteiger partial charge >= 0.3 is 0 Å². The molecule has 0 bridgehead atoms. The summed E-state index contributed by atoms with van der Waals surface area (Å²) in [6.07, 6.45) is 22.3. The van der Waals surface area contributed by atoms with Gasteiger partial charge in [0.25, 0.3) is 0 Å². The molecule has 0 aromatic heterocycles. The fourth-order valence-electron chi connectivity index (χ4n) is 3.08. The van der Waals surface area contributed by atoms with Gasteiger partial charge in [0.05, 0.1) is 0 Å². The lowest BCUT2D eigenvalue weighted by atomic mass is 9.99. The Labute approximate surface area is 151 Å². The van der Waals surface area contributed by atoms with Gasteiger partial charge in [0.15, 0.2) is 0 Å². The Kier molecular flexibility index (Phi) is 18.3.